The van der Waals surface area contributed by atoms with Gasteiger partial charge in [-0.1, -0.05) is 64.0 Å². The Hall–Kier alpha value is -3.58. The average molecular weight is 536 g/mol. The number of likely N-dealkylation sites (tertiary alicyclic amines) is 1. The van der Waals surface area contributed by atoms with Crippen LogP contribution in [0.3, 0.4) is 0 Å². The number of hydrogen-bond acceptors (Lipinski definition) is 5. The average Bonchev–Trinajstić information content (AvgIpc) is 3.12. The molecule has 3 aromatic carbocycles. The van der Waals surface area contributed by atoms with Gasteiger partial charge in [0.25, 0.3) is 11.7 Å². The number of rotatable bonds is 7. The molecule has 6 nitrogen and oxygen atoms in total. The maximum Gasteiger partial charge on any atom is 0.295 e. The zero-order valence-electron chi connectivity index (χ0n) is 19.7. The van der Waals surface area contributed by atoms with E-state index < -0.39 is 17.7 Å². The summed E-state index contributed by atoms with van der Waals surface area (Å²) in [5.74, 6) is -0.295. The predicted molar refractivity (Wildman–Crippen MR) is 138 cm³/mol. The molecule has 0 aromatic heterocycles. The van der Waals surface area contributed by atoms with Crippen molar-refractivity contribution in [2.45, 2.75) is 19.4 Å². The van der Waals surface area contributed by atoms with Crippen LogP contribution in [-0.2, 0) is 16.0 Å². The SMILES string of the molecule is COc1ccc(CCN2C(=O)C(=O)/C(=C(/O)c3ccc(Br)cc3)C2c2ccc(C)cc2)cc1OC. The molecule has 1 saturated heterocycles. The van der Waals surface area contributed by atoms with Crippen LogP contribution in [0, 0.1) is 6.92 Å². The summed E-state index contributed by atoms with van der Waals surface area (Å²) in [5, 5.41) is 11.1. The molecule has 0 radical (unpaired) electrons. The molecule has 1 N–H and O–H groups in total. The molecule has 1 amide bonds. The molecule has 1 unspecified atom stereocenters. The van der Waals surface area contributed by atoms with Gasteiger partial charge < -0.3 is 19.5 Å². The van der Waals surface area contributed by atoms with Crippen LogP contribution >= 0.6 is 15.9 Å². The number of hydrogen-bond donors (Lipinski definition) is 1. The highest BCUT2D eigenvalue weighted by Gasteiger charge is 2.45. The third-order valence-electron chi connectivity index (χ3n) is 6.14. The molecule has 3 aromatic rings. The highest BCUT2D eigenvalue weighted by molar-refractivity contribution is 9.10. The van der Waals surface area contributed by atoms with Crippen LogP contribution in [0.2, 0.25) is 0 Å². The number of carbonyl (C=O) groups is 2. The molecule has 1 heterocycles. The fourth-order valence-electron chi connectivity index (χ4n) is 4.25. The minimum atomic E-state index is -0.695. The number of aliphatic hydroxyl groups is 1. The summed E-state index contributed by atoms with van der Waals surface area (Å²) in [7, 11) is 3.14. The van der Waals surface area contributed by atoms with Crippen molar-refractivity contribution in [1.29, 1.82) is 0 Å². The Morgan fingerprint density at radius 3 is 2.23 bits per heavy atom. The van der Waals surface area contributed by atoms with E-state index in [0.717, 1.165) is 21.2 Å². The van der Waals surface area contributed by atoms with Crippen molar-refractivity contribution < 1.29 is 24.2 Å². The van der Waals surface area contributed by atoms with Gasteiger partial charge in [-0.25, -0.2) is 0 Å². The van der Waals surface area contributed by atoms with Crippen LogP contribution in [0.4, 0.5) is 0 Å². The Morgan fingerprint density at radius 2 is 1.60 bits per heavy atom. The standard InChI is InChI=1S/C28H26BrNO5/c1-17-4-7-19(8-5-17)25-24(26(31)20-9-11-21(29)12-10-20)27(32)28(33)30(25)15-14-18-6-13-22(34-2)23(16-18)35-3/h4-13,16,25,31H,14-15H2,1-3H3/b26-24+. The summed E-state index contributed by atoms with van der Waals surface area (Å²) < 4.78 is 11.5. The van der Waals surface area contributed by atoms with Gasteiger partial charge in [0, 0.05) is 16.6 Å². The maximum atomic E-state index is 13.2. The summed E-state index contributed by atoms with van der Waals surface area (Å²) in [6, 6.07) is 19.5. The lowest BCUT2D eigenvalue weighted by Crippen LogP contribution is -2.31. The van der Waals surface area contributed by atoms with Crippen molar-refractivity contribution in [2.24, 2.45) is 0 Å². The highest BCUT2D eigenvalue weighted by atomic mass is 79.9. The number of halogens is 1. The van der Waals surface area contributed by atoms with Gasteiger partial charge in [-0.2, -0.15) is 0 Å². The Bertz CT molecular complexity index is 1280. The van der Waals surface area contributed by atoms with E-state index in [1.807, 2.05) is 49.4 Å². The quantitative estimate of drug-likeness (QED) is 0.247. The fourth-order valence-corrected chi connectivity index (χ4v) is 4.52. The Balaban J connectivity index is 1.73. The van der Waals surface area contributed by atoms with Gasteiger partial charge in [0.1, 0.15) is 5.76 Å². The summed E-state index contributed by atoms with van der Waals surface area (Å²) >= 11 is 3.38. The van der Waals surface area contributed by atoms with E-state index in [2.05, 4.69) is 15.9 Å². The third kappa shape index (κ3) is 4.95. The number of methoxy groups -OCH3 is 2. The Morgan fingerprint density at radius 1 is 0.943 bits per heavy atom. The number of carbonyl (C=O) groups excluding carboxylic acids is 2. The summed E-state index contributed by atoms with van der Waals surface area (Å²) in [5.41, 5.74) is 3.32. The van der Waals surface area contributed by atoms with Crippen molar-refractivity contribution >= 4 is 33.4 Å². The van der Waals surface area contributed by atoms with Crippen molar-refractivity contribution in [3.05, 3.63) is 99.0 Å². The molecule has 7 heteroatoms. The lowest BCUT2D eigenvalue weighted by Gasteiger charge is -2.25. The molecule has 1 fully saturated rings. The van der Waals surface area contributed by atoms with Gasteiger partial charge in [-0.05, 0) is 48.7 Å². The molecular weight excluding hydrogens is 510 g/mol. The van der Waals surface area contributed by atoms with Gasteiger partial charge in [0.05, 0.1) is 25.8 Å². The number of nitrogens with zero attached hydrogens (tertiary/aromatic N) is 1. The number of ether oxygens (including phenoxy) is 2. The fraction of sp³-hybridized carbons (Fsp3) is 0.214. The van der Waals surface area contributed by atoms with Crippen molar-refractivity contribution in [3.8, 4) is 11.5 Å². The molecule has 0 saturated carbocycles. The maximum absolute atomic E-state index is 13.2. The molecule has 0 bridgehead atoms. The number of aliphatic hydroxyl groups excluding tert-OH is 1. The second-order valence-electron chi connectivity index (χ2n) is 8.35. The molecule has 0 spiro atoms. The number of Topliss-reactive ketones (excluding diaryl/α,β-unsaturated/α-hetero) is 1. The molecule has 4 rings (SSSR count). The minimum absolute atomic E-state index is 0.0912. The molecule has 35 heavy (non-hydrogen) atoms. The van der Waals surface area contributed by atoms with Crippen LogP contribution in [-0.4, -0.2) is 42.5 Å². The van der Waals surface area contributed by atoms with Crippen LogP contribution in [0.15, 0.2) is 76.8 Å². The Kier molecular flexibility index (Phi) is 7.26. The van der Waals surface area contributed by atoms with Crippen LogP contribution < -0.4 is 9.47 Å². The van der Waals surface area contributed by atoms with E-state index in [-0.39, 0.29) is 17.9 Å². The topological polar surface area (TPSA) is 76.1 Å². The zero-order chi connectivity index (χ0) is 25.1. The van der Waals surface area contributed by atoms with E-state index in [1.54, 1.807) is 38.5 Å². The number of ketones is 1. The highest BCUT2D eigenvalue weighted by Crippen LogP contribution is 2.40. The lowest BCUT2D eigenvalue weighted by molar-refractivity contribution is -0.139. The molecule has 0 aliphatic carbocycles. The summed E-state index contributed by atoms with van der Waals surface area (Å²) in [6.45, 7) is 2.26. The van der Waals surface area contributed by atoms with Crippen LogP contribution in [0.1, 0.15) is 28.3 Å². The number of aryl methyl sites for hydroxylation is 1. The van der Waals surface area contributed by atoms with Crippen LogP contribution in [0.5, 0.6) is 11.5 Å². The lowest BCUT2D eigenvalue weighted by atomic mass is 9.94. The smallest absolute Gasteiger partial charge is 0.295 e. The van der Waals surface area contributed by atoms with E-state index in [1.165, 1.54) is 4.90 Å². The summed E-state index contributed by atoms with van der Waals surface area (Å²) in [4.78, 5) is 27.9. The van der Waals surface area contributed by atoms with Gasteiger partial charge in [0.2, 0.25) is 0 Å². The first kappa shape index (κ1) is 24.5. The largest absolute Gasteiger partial charge is 0.507 e. The summed E-state index contributed by atoms with van der Waals surface area (Å²) in [6.07, 6.45) is 0.494. The second-order valence-corrected chi connectivity index (χ2v) is 9.27. The van der Waals surface area contributed by atoms with Crippen molar-refractivity contribution in [3.63, 3.8) is 0 Å². The molecular formula is C28H26BrNO5. The number of benzene rings is 3. The van der Waals surface area contributed by atoms with E-state index in [0.29, 0.717) is 23.5 Å². The molecule has 1 aliphatic rings. The van der Waals surface area contributed by atoms with Gasteiger partial charge in [-0.15, -0.1) is 0 Å². The molecule has 180 valence electrons. The first-order valence-electron chi connectivity index (χ1n) is 11.2. The monoisotopic (exact) mass is 535 g/mol. The number of amides is 1. The van der Waals surface area contributed by atoms with Gasteiger partial charge in [-0.3, -0.25) is 9.59 Å². The normalized spacial score (nSPS) is 17.0. The van der Waals surface area contributed by atoms with Crippen molar-refractivity contribution in [2.75, 3.05) is 20.8 Å². The van der Waals surface area contributed by atoms with Gasteiger partial charge >= 0.3 is 0 Å². The van der Waals surface area contributed by atoms with E-state index in [9.17, 15) is 14.7 Å². The van der Waals surface area contributed by atoms with E-state index >= 15 is 0 Å². The van der Waals surface area contributed by atoms with Crippen molar-refractivity contribution in [1.82, 2.24) is 4.90 Å². The Labute approximate surface area is 212 Å². The second kappa shape index (κ2) is 10.4. The molecule has 1 atom stereocenters. The van der Waals surface area contributed by atoms with E-state index in [4.69, 9.17) is 9.47 Å². The predicted octanol–water partition coefficient (Wildman–Crippen LogP) is 5.44. The minimum Gasteiger partial charge on any atom is -0.507 e. The zero-order valence-corrected chi connectivity index (χ0v) is 21.3. The first-order chi connectivity index (χ1) is 16.8. The first-order valence-corrected chi connectivity index (χ1v) is 11.9. The third-order valence-corrected chi connectivity index (χ3v) is 6.67. The molecule has 1 aliphatic heterocycles. The van der Waals surface area contributed by atoms with Crippen LogP contribution in [0.25, 0.3) is 5.76 Å². The van der Waals surface area contributed by atoms with Gasteiger partial charge in [0.15, 0.2) is 11.5 Å².